The largest absolute Gasteiger partial charge is 0.478 e. The molecule has 2 N–H and O–H groups in total. The number of aromatic carboxylic acids is 1. The van der Waals surface area contributed by atoms with E-state index in [4.69, 9.17) is 5.11 Å². The number of amides is 1. The van der Waals surface area contributed by atoms with Crippen LogP contribution in [-0.2, 0) is 11.3 Å². The number of carbonyl (C=O) groups excluding carboxylic acids is 1. The van der Waals surface area contributed by atoms with Gasteiger partial charge in [-0.05, 0) is 25.3 Å². The third-order valence-corrected chi connectivity index (χ3v) is 3.24. The van der Waals surface area contributed by atoms with E-state index < -0.39 is 5.97 Å². The molecule has 1 aliphatic heterocycles. The van der Waals surface area contributed by atoms with Gasteiger partial charge in [0.15, 0.2) is 0 Å². The van der Waals surface area contributed by atoms with E-state index in [-0.39, 0.29) is 18.0 Å². The zero-order valence-corrected chi connectivity index (χ0v) is 11.2. The standard InChI is InChI=1S/C13H18N4O3/c18-12(17-4-2-1-3-5-17)9-14-8-11-6-10(13(19)20)7-15-16-11/h6-7,14H,1-5,8-9H2,(H,19,20). The van der Waals surface area contributed by atoms with Gasteiger partial charge < -0.3 is 15.3 Å². The van der Waals surface area contributed by atoms with Gasteiger partial charge in [0.2, 0.25) is 5.91 Å². The second-order valence-electron chi connectivity index (χ2n) is 4.79. The summed E-state index contributed by atoms with van der Waals surface area (Å²) >= 11 is 0. The molecule has 0 aromatic carbocycles. The zero-order valence-electron chi connectivity index (χ0n) is 11.2. The molecule has 108 valence electrons. The number of carboxylic acids is 1. The van der Waals surface area contributed by atoms with E-state index in [1.807, 2.05) is 4.90 Å². The van der Waals surface area contributed by atoms with Crippen LogP contribution in [0.1, 0.15) is 35.3 Å². The lowest BCUT2D eigenvalue weighted by Gasteiger charge is -2.26. The molecule has 7 nitrogen and oxygen atoms in total. The minimum atomic E-state index is -1.04. The summed E-state index contributed by atoms with van der Waals surface area (Å²) < 4.78 is 0. The molecule has 1 fully saturated rings. The van der Waals surface area contributed by atoms with Crippen LogP contribution >= 0.6 is 0 Å². The van der Waals surface area contributed by atoms with Crippen LogP contribution in [0.25, 0.3) is 0 Å². The summed E-state index contributed by atoms with van der Waals surface area (Å²) in [6.07, 6.45) is 4.52. The Morgan fingerprint density at radius 1 is 1.30 bits per heavy atom. The smallest absolute Gasteiger partial charge is 0.337 e. The molecular weight excluding hydrogens is 260 g/mol. The number of hydrogen-bond donors (Lipinski definition) is 2. The maximum Gasteiger partial charge on any atom is 0.337 e. The number of carboxylic acid groups (broad SMARTS) is 1. The van der Waals surface area contributed by atoms with Gasteiger partial charge in [-0.3, -0.25) is 4.79 Å². The number of piperidine rings is 1. The fourth-order valence-electron chi connectivity index (χ4n) is 2.17. The van der Waals surface area contributed by atoms with Crippen molar-refractivity contribution < 1.29 is 14.7 Å². The molecule has 0 aliphatic carbocycles. The van der Waals surface area contributed by atoms with Gasteiger partial charge >= 0.3 is 5.97 Å². The lowest BCUT2D eigenvalue weighted by atomic mass is 10.1. The van der Waals surface area contributed by atoms with Gasteiger partial charge in [0.25, 0.3) is 0 Å². The van der Waals surface area contributed by atoms with Gasteiger partial charge in [0.05, 0.1) is 24.0 Å². The van der Waals surface area contributed by atoms with Gasteiger partial charge in [-0.1, -0.05) is 0 Å². The molecular formula is C13H18N4O3. The predicted octanol–water partition coefficient (Wildman–Crippen LogP) is 0.277. The summed E-state index contributed by atoms with van der Waals surface area (Å²) in [7, 11) is 0. The van der Waals surface area contributed by atoms with Crippen LogP contribution in [0.2, 0.25) is 0 Å². The van der Waals surface area contributed by atoms with Crippen LogP contribution in [0.4, 0.5) is 0 Å². The Hall–Kier alpha value is -2.02. The summed E-state index contributed by atoms with van der Waals surface area (Å²) in [6.45, 7) is 2.22. The first kappa shape index (κ1) is 14.4. The second-order valence-corrected chi connectivity index (χ2v) is 4.79. The molecule has 1 aromatic rings. The summed E-state index contributed by atoms with van der Waals surface area (Å²) in [5, 5.41) is 19.3. The molecule has 1 saturated heterocycles. The average molecular weight is 278 g/mol. The summed E-state index contributed by atoms with van der Waals surface area (Å²) in [5.41, 5.74) is 0.607. The van der Waals surface area contributed by atoms with E-state index >= 15 is 0 Å². The van der Waals surface area contributed by atoms with Crippen LogP contribution < -0.4 is 5.32 Å². The van der Waals surface area contributed by atoms with Crippen molar-refractivity contribution in [3.8, 4) is 0 Å². The van der Waals surface area contributed by atoms with Crippen LogP contribution in [0.5, 0.6) is 0 Å². The van der Waals surface area contributed by atoms with Crippen molar-refractivity contribution in [1.29, 1.82) is 0 Å². The van der Waals surface area contributed by atoms with E-state index in [9.17, 15) is 9.59 Å². The SMILES string of the molecule is O=C(O)c1cnnc(CNCC(=O)N2CCCCC2)c1. The first-order chi connectivity index (χ1) is 9.66. The van der Waals surface area contributed by atoms with Gasteiger partial charge in [-0.25, -0.2) is 4.79 Å². The highest BCUT2D eigenvalue weighted by molar-refractivity contribution is 5.87. The van der Waals surface area contributed by atoms with E-state index in [1.165, 1.54) is 18.7 Å². The number of nitrogens with zero attached hydrogens (tertiary/aromatic N) is 3. The van der Waals surface area contributed by atoms with E-state index in [0.717, 1.165) is 25.9 Å². The number of rotatable bonds is 5. The summed E-state index contributed by atoms with van der Waals surface area (Å²) in [4.78, 5) is 24.5. The van der Waals surface area contributed by atoms with Gasteiger partial charge in [-0.2, -0.15) is 10.2 Å². The third-order valence-electron chi connectivity index (χ3n) is 3.24. The Kier molecular flexibility index (Phi) is 5.00. The quantitative estimate of drug-likeness (QED) is 0.803. The van der Waals surface area contributed by atoms with Crippen molar-refractivity contribution in [2.45, 2.75) is 25.8 Å². The summed E-state index contributed by atoms with van der Waals surface area (Å²) in [5.74, 6) is -0.961. The van der Waals surface area contributed by atoms with Crippen molar-refractivity contribution in [3.63, 3.8) is 0 Å². The Morgan fingerprint density at radius 2 is 2.05 bits per heavy atom. The molecule has 7 heteroatoms. The lowest BCUT2D eigenvalue weighted by molar-refractivity contribution is -0.131. The Balaban J connectivity index is 1.79. The maximum atomic E-state index is 11.9. The molecule has 0 bridgehead atoms. The third kappa shape index (κ3) is 3.99. The van der Waals surface area contributed by atoms with Crippen molar-refractivity contribution in [2.75, 3.05) is 19.6 Å². The normalized spacial score (nSPS) is 15.1. The molecule has 0 atom stereocenters. The maximum absolute atomic E-state index is 11.9. The van der Waals surface area contributed by atoms with Crippen molar-refractivity contribution >= 4 is 11.9 Å². The number of nitrogens with one attached hydrogen (secondary N) is 1. The molecule has 20 heavy (non-hydrogen) atoms. The molecule has 0 saturated carbocycles. The fourth-order valence-corrected chi connectivity index (χ4v) is 2.17. The zero-order chi connectivity index (χ0) is 14.4. The van der Waals surface area contributed by atoms with Crippen LogP contribution in [0.3, 0.4) is 0 Å². The van der Waals surface area contributed by atoms with Gasteiger partial charge in [0, 0.05) is 19.6 Å². The Morgan fingerprint density at radius 3 is 2.75 bits per heavy atom. The highest BCUT2D eigenvalue weighted by Gasteiger charge is 2.15. The Labute approximate surface area is 117 Å². The van der Waals surface area contributed by atoms with E-state index in [0.29, 0.717) is 12.2 Å². The van der Waals surface area contributed by atoms with E-state index in [2.05, 4.69) is 15.5 Å². The predicted molar refractivity (Wildman–Crippen MR) is 71.1 cm³/mol. The van der Waals surface area contributed by atoms with E-state index in [1.54, 1.807) is 0 Å². The van der Waals surface area contributed by atoms with Crippen molar-refractivity contribution in [2.24, 2.45) is 0 Å². The lowest BCUT2D eigenvalue weighted by Crippen LogP contribution is -2.41. The molecule has 1 aromatic heterocycles. The highest BCUT2D eigenvalue weighted by atomic mass is 16.4. The number of likely N-dealkylation sites (tertiary alicyclic amines) is 1. The first-order valence-electron chi connectivity index (χ1n) is 6.70. The highest BCUT2D eigenvalue weighted by Crippen LogP contribution is 2.08. The molecule has 1 aliphatic rings. The topological polar surface area (TPSA) is 95.4 Å². The number of hydrogen-bond acceptors (Lipinski definition) is 5. The molecule has 0 unspecified atom stereocenters. The Bertz CT molecular complexity index is 486. The fraction of sp³-hybridized carbons (Fsp3) is 0.538. The first-order valence-corrected chi connectivity index (χ1v) is 6.70. The molecule has 0 spiro atoms. The average Bonchev–Trinajstić information content (AvgIpc) is 2.48. The van der Waals surface area contributed by atoms with Crippen LogP contribution in [0, 0.1) is 0 Å². The minimum Gasteiger partial charge on any atom is -0.478 e. The molecule has 2 rings (SSSR count). The van der Waals surface area contributed by atoms with Gasteiger partial charge in [-0.15, -0.1) is 0 Å². The van der Waals surface area contributed by atoms with Crippen LogP contribution in [-0.4, -0.2) is 51.7 Å². The minimum absolute atomic E-state index is 0.0760. The van der Waals surface area contributed by atoms with Gasteiger partial charge in [0.1, 0.15) is 0 Å². The number of aromatic nitrogens is 2. The summed E-state index contributed by atoms with van der Waals surface area (Å²) in [6, 6.07) is 1.45. The van der Waals surface area contributed by atoms with Crippen molar-refractivity contribution in [3.05, 3.63) is 23.5 Å². The monoisotopic (exact) mass is 278 g/mol. The number of carbonyl (C=O) groups is 2. The van der Waals surface area contributed by atoms with Crippen LogP contribution in [0.15, 0.2) is 12.3 Å². The molecule has 0 radical (unpaired) electrons. The molecule has 2 heterocycles. The molecule has 1 amide bonds. The second kappa shape index (κ2) is 6.95. The van der Waals surface area contributed by atoms with Crippen molar-refractivity contribution in [1.82, 2.24) is 20.4 Å².